The summed E-state index contributed by atoms with van der Waals surface area (Å²) in [5.41, 5.74) is 0.642. The Labute approximate surface area is 120 Å². The smallest absolute Gasteiger partial charge is 0.226 e. The van der Waals surface area contributed by atoms with E-state index in [1.165, 1.54) is 25.0 Å². The summed E-state index contributed by atoms with van der Waals surface area (Å²) in [5, 5.41) is 6.18. The van der Waals surface area contributed by atoms with E-state index in [4.69, 9.17) is 0 Å². The quantitative estimate of drug-likeness (QED) is 0.840. The largest absolute Gasteiger partial charge is 0.359 e. The minimum absolute atomic E-state index is 0.0265. The second-order valence-electron chi connectivity index (χ2n) is 6.21. The van der Waals surface area contributed by atoms with Gasteiger partial charge in [0, 0.05) is 19.6 Å². The summed E-state index contributed by atoms with van der Waals surface area (Å²) in [6, 6.07) is 6.86. The molecule has 2 rings (SSSR count). The highest BCUT2D eigenvalue weighted by Crippen LogP contribution is 2.41. The van der Waals surface area contributed by atoms with E-state index in [0.29, 0.717) is 12.5 Å². The van der Waals surface area contributed by atoms with Gasteiger partial charge in [-0.3, -0.25) is 4.79 Å². The highest BCUT2D eigenvalue weighted by atomic mass is 19.1. The molecule has 0 saturated heterocycles. The zero-order valence-corrected chi connectivity index (χ0v) is 12.4. The van der Waals surface area contributed by atoms with Crippen LogP contribution in [0.25, 0.3) is 0 Å². The lowest BCUT2D eigenvalue weighted by Crippen LogP contribution is -2.43. The molecule has 20 heavy (non-hydrogen) atoms. The van der Waals surface area contributed by atoms with Crippen LogP contribution >= 0.6 is 0 Å². The Morgan fingerprint density at radius 2 is 1.95 bits per heavy atom. The van der Waals surface area contributed by atoms with E-state index in [0.717, 1.165) is 5.56 Å². The molecular weight excluding hydrogens is 255 g/mol. The molecule has 1 aromatic carbocycles. The third-order valence-electron chi connectivity index (χ3n) is 3.93. The van der Waals surface area contributed by atoms with Crippen LogP contribution in [0.3, 0.4) is 0 Å². The van der Waals surface area contributed by atoms with Crippen LogP contribution in [0.2, 0.25) is 0 Å². The number of halogens is 1. The molecule has 0 heterocycles. The van der Waals surface area contributed by atoms with Crippen molar-refractivity contribution >= 4 is 5.91 Å². The Bertz CT molecular complexity index is 466. The van der Waals surface area contributed by atoms with E-state index in [-0.39, 0.29) is 17.8 Å². The molecule has 0 aliphatic heterocycles. The fourth-order valence-electron chi connectivity index (χ4n) is 2.44. The highest BCUT2D eigenvalue weighted by Gasteiger charge is 2.34. The van der Waals surface area contributed by atoms with Crippen molar-refractivity contribution in [2.45, 2.75) is 32.7 Å². The minimum Gasteiger partial charge on any atom is -0.359 e. The molecule has 2 N–H and O–H groups in total. The van der Waals surface area contributed by atoms with Crippen LogP contribution in [0.5, 0.6) is 0 Å². The molecule has 1 amide bonds. The van der Waals surface area contributed by atoms with E-state index in [9.17, 15) is 9.18 Å². The third kappa shape index (κ3) is 3.57. The SMILES string of the molecule is CNC(=O)C(C)(C)CNC(c1ccc(F)cc1)C1CC1. The number of rotatable bonds is 6. The van der Waals surface area contributed by atoms with Gasteiger partial charge < -0.3 is 10.6 Å². The second kappa shape index (κ2) is 5.92. The number of nitrogens with one attached hydrogen (secondary N) is 2. The number of benzene rings is 1. The zero-order chi connectivity index (χ0) is 14.8. The van der Waals surface area contributed by atoms with Gasteiger partial charge in [-0.1, -0.05) is 12.1 Å². The Morgan fingerprint density at radius 3 is 2.45 bits per heavy atom. The van der Waals surface area contributed by atoms with Crippen LogP contribution in [-0.2, 0) is 4.79 Å². The Balaban J connectivity index is 2.03. The summed E-state index contributed by atoms with van der Waals surface area (Å²) in [6.07, 6.45) is 2.38. The van der Waals surface area contributed by atoms with Gasteiger partial charge in [0.1, 0.15) is 5.82 Å². The fraction of sp³-hybridized carbons (Fsp3) is 0.562. The van der Waals surface area contributed by atoms with E-state index < -0.39 is 5.41 Å². The molecule has 0 bridgehead atoms. The lowest BCUT2D eigenvalue weighted by Gasteiger charge is -2.27. The summed E-state index contributed by atoms with van der Waals surface area (Å²) in [6.45, 7) is 4.45. The number of amides is 1. The van der Waals surface area contributed by atoms with Gasteiger partial charge in [0.2, 0.25) is 5.91 Å². The highest BCUT2D eigenvalue weighted by molar-refractivity contribution is 5.81. The van der Waals surface area contributed by atoms with Crippen molar-refractivity contribution in [3.05, 3.63) is 35.6 Å². The summed E-state index contributed by atoms with van der Waals surface area (Å²) in [4.78, 5) is 11.8. The van der Waals surface area contributed by atoms with Crippen LogP contribution < -0.4 is 10.6 Å². The van der Waals surface area contributed by atoms with Gasteiger partial charge in [-0.15, -0.1) is 0 Å². The molecule has 1 unspecified atom stereocenters. The molecule has 1 aromatic rings. The molecule has 0 spiro atoms. The average Bonchev–Trinajstić information content (AvgIpc) is 3.24. The zero-order valence-electron chi connectivity index (χ0n) is 12.4. The molecule has 1 atom stereocenters. The predicted molar refractivity (Wildman–Crippen MR) is 77.7 cm³/mol. The predicted octanol–water partition coefficient (Wildman–Crippen LogP) is 2.64. The van der Waals surface area contributed by atoms with Crippen molar-refractivity contribution in [1.82, 2.24) is 10.6 Å². The normalized spacial score (nSPS) is 16.8. The van der Waals surface area contributed by atoms with Crippen LogP contribution in [0, 0.1) is 17.2 Å². The molecule has 1 fully saturated rings. The van der Waals surface area contributed by atoms with Crippen molar-refractivity contribution in [2.75, 3.05) is 13.6 Å². The van der Waals surface area contributed by atoms with Crippen LogP contribution in [0.15, 0.2) is 24.3 Å². The molecule has 3 nitrogen and oxygen atoms in total. The maximum atomic E-state index is 13.0. The standard InChI is InChI=1S/C16H23FN2O/c1-16(2,15(20)18-3)10-19-14(11-4-5-11)12-6-8-13(17)9-7-12/h6-9,11,14,19H,4-5,10H2,1-3H3,(H,18,20). The lowest BCUT2D eigenvalue weighted by atomic mass is 9.91. The summed E-state index contributed by atoms with van der Waals surface area (Å²) in [7, 11) is 1.66. The van der Waals surface area contributed by atoms with Gasteiger partial charge in [-0.2, -0.15) is 0 Å². The molecule has 0 aromatic heterocycles. The van der Waals surface area contributed by atoms with Gasteiger partial charge in [-0.05, 0) is 50.3 Å². The summed E-state index contributed by atoms with van der Waals surface area (Å²) >= 11 is 0. The first kappa shape index (κ1) is 15.0. The maximum absolute atomic E-state index is 13.0. The first-order chi connectivity index (χ1) is 9.44. The number of hydrogen-bond acceptors (Lipinski definition) is 2. The third-order valence-corrected chi connectivity index (χ3v) is 3.93. The van der Waals surface area contributed by atoms with E-state index in [1.807, 2.05) is 26.0 Å². The van der Waals surface area contributed by atoms with Gasteiger partial charge >= 0.3 is 0 Å². The van der Waals surface area contributed by atoms with E-state index in [2.05, 4.69) is 10.6 Å². The number of carbonyl (C=O) groups excluding carboxylic acids is 1. The maximum Gasteiger partial charge on any atom is 0.226 e. The van der Waals surface area contributed by atoms with Crippen molar-refractivity contribution in [3.63, 3.8) is 0 Å². The fourth-order valence-corrected chi connectivity index (χ4v) is 2.44. The molecule has 1 aliphatic rings. The Morgan fingerprint density at radius 1 is 1.35 bits per heavy atom. The van der Waals surface area contributed by atoms with Crippen molar-refractivity contribution in [2.24, 2.45) is 11.3 Å². The summed E-state index contributed by atoms with van der Waals surface area (Å²) < 4.78 is 13.0. The van der Waals surface area contributed by atoms with Crippen LogP contribution in [-0.4, -0.2) is 19.5 Å². The van der Waals surface area contributed by atoms with Crippen LogP contribution in [0.1, 0.15) is 38.3 Å². The van der Waals surface area contributed by atoms with Crippen molar-refractivity contribution in [3.8, 4) is 0 Å². The van der Waals surface area contributed by atoms with Crippen molar-refractivity contribution in [1.29, 1.82) is 0 Å². The monoisotopic (exact) mass is 278 g/mol. The Hall–Kier alpha value is -1.42. The topological polar surface area (TPSA) is 41.1 Å². The van der Waals surface area contributed by atoms with Crippen molar-refractivity contribution < 1.29 is 9.18 Å². The minimum atomic E-state index is -0.456. The van der Waals surface area contributed by atoms with E-state index >= 15 is 0 Å². The average molecular weight is 278 g/mol. The van der Waals surface area contributed by atoms with Gasteiger partial charge in [-0.25, -0.2) is 4.39 Å². The lowest BCUT2D eigenvalue weighted by molar-refractivity contribution is -0.128. The molecule has 0 radical (unpaired) electrons. The molecular formula is C16H23FN2O. The first-order valence-corrected chi connectivity index (χ1v) is 7.15. The first-order valence-electron chi connectivity index (χ1n) is 7.15. The number of hydrogen-bond donors (Lipinski definition) is 2. The molecule has 110 valence electrons. The van der Waals surface area contributed by atoms with Gasteiger partial charge in [0.15, 0.2) is 0 Å². The van der Waals surface area contributed by atoms with Gasteiger partial charge in [0.25, 0.3) is 0 Å². The Kier molecular flexibility index (Phi) is 4.43. The summed E-state index contributed by atoms with van der Waals surface area (Å²) in [5.74, 6) is 0.411. The van der Waals surface area contributed by atoms with E-state index in [1.54, 1.807) is 7.05 Å². The molecule has 4 heteroatoms. The van der Waals surface area contributed by atoms with Crippen LogP contribution in [0.4, 0.5) is 4.39 Å². The molecule has 1 aliphatic carbocycles. The van der Waals surface area contributed by atoms with Gasteiger partial charge in [0.05, 0.1) is 5.41 Å². The second-order valence-corrected chi connectivity index (χ2v) is 6.21. The molecule has 1 saturated carbocycles. The number of carbonyl (C=O) groups is 1.